The summed E-state index contributed by atoms with van der Waals surface area (Å²) in [5, 5.41) is 6.21. The number of aryl methyl sites for hydroxylation is 1. The van der Waals surface area contributed by atoms with Gasteiger partial charge >= 0.3 is 0 Å². The van der Waals surface area contributed by atoms with Crippen molar-refractivity contribution in [2.75, 3.05) is 31.8 Å². The first kappa shape index (κ1) is 34.1. The standard InChI is InChI=1S/C37H46N6O3/c1-23(2)43(10)32(35(45)41(7)8)25-16-20-28(21-17-25)38-33-36(46)42(9)22-31(39-33)29-12-11-13-30(24(29)3)40-34(44)26-14-18-27(19-15-26)37(4,5)6/h11-23,32H,1-10H3,(H,38,39)(H,40,44)/t32-/m0/s1. The van der Waals surface area contributed by atoms with Crippen molar-refractivity contribution in [1.82, 2.24) is 19.4 Å². The summed E-state index contributed by atoms with van der Waals surface area (Å²) in [7, 11) is 7.13. The van der Waals surface area contributed by atoms with Gasteiger partial charge in [-0.25, -0.2) is 4.98 Å². The molecule has 0 bridgehead atoms. The molecule has 9 nitrogen and oxygen atoms in total. The van der Waals surface area contributed by atoms with E-state index in [-0.39, 0.29) is 34.6 Å². The molecule has 242 valence electrons. The molecule has 0 spiro atoms. The zero-order valence-electron chi connectivity index (χ0n) is 28.6. The average molecular weight is 623 g/mol. The third-order valence-corrected chi connectivity index (χ3v) is 8.33. The van der Waals surface area contributed by atoms with Gasteiger partial charge in [-0.2, -0.15) is 0 Å². The molecule has 2 N–H and O–H groups in total. The lowest BCUT2D eigenvalue weighted by Crippen LogP contribution is -2.41. The van der Waals surface area contributed by atoms with Crippen molar-refractivity contribution < 1.29 is 9.59 Å². The minimum Gasteiger partial charge on any atom is -0.347 e. The van der Waals surface area contributed by atoms with Crippen LogP contribution in [0.5, 0.6) is 0 Å². The Morgan fingerprint density at radius 3 is 2.11 bits per heavy atom. The zero-order chi connectivity index (χ0) is 33.9. The molecule has 0 aliphatic rings. The highest BCUT2D eigenvalue weighted by atomic mass is 16.2. The van der Waals surface area contributed by atoms with Gasteiger partial charge in [0.2, 0.25) is 5.91 Å². The smallest absolute Gasteiger partial charge is 0.293 e. The van der Waals surface area contributed by atoms with E-state index >= 15 is 0 Å². The van der Waals surface area contributed by atoms with Crippen molar-refractivity contribution >= 4 is 29.0 Å². The van der Waals surface area contributed by atoms with E-state index in [1.54, 1.807) is 32.2 Å². The van der Waals surface area contributed by atoms with Gasteiger partial charge in [-0.05, 0) is 80.3 Å². The molecule has 3 aromatic carbocycles. The second-order valence-electron chi connectivity index (χ2n) is 13.3. The summed E-state index contributed by atoms with van der Waals surface area (Å²) in [5.41, 5.74) is 5.84. The molecule has 0 radical (unpaired) electrons. The number of rotatable bonds is 9. The largest absolute Gasteiger partial charge is 0.347 e. The van der Waals surface area contributed by atoms with E-state index in [4.69, 9.17) is 4.98 Å². The van der Waals surface area contributed by atoms with Crippen molar-refractivity contribution in [2.45, 2.75) is 59.0 Å². The Labute approximate surface area is 272 Å². The normalized spacial score (nSPS) is 12.3. The van der Waals surface area contributed by atoms with E-state index < -0.39 is 6.04 Å². The molecule has 9 heteroatoms. The lowest BCUT2D eigenvalue weighted by molar-refractivity contribution is -0.134. The van der Waals surface area contributed by atoms with Crippen LogP contribution in [-0.2, 0) is 17.3 Å². The Morgan fingerprint density at radius 2 is 1.54 bits per heavy atom. The van der Waals surface area contributed by atoms with Crippen molar-refractivity contribution in [2.24, 2.45) is 7.05 Å². The molecular formula is C37H46N6O3. The van der Waals surface area contributed by atoms with Crippen molar-refractivity contribution in [1.29, 1.82) is 0 Å². The average Bonchev–Trinajstić information content (AvgIpc) is 3.00. The number of carbonyl (C=O) groups is 2. The Kier molecular flexibility index (Phi) is 10.2. The maximum Gasteiger partial charge on any atom is 0.293 e. The van der Waals surface area contributed by atoms with Gasteiger partial charge in [-0.3, -0.25) is 19.3 Å². The first-order chi connectivity index (χ1) is 21.6. The van der Waals surface area contributed by atoms with Crippen LogP contribution in [0.2, 0.25) is 0 Å². The van der Waals surface area contributed by atoms with Crippen LogP contribution in [0, 0.1) is 6.92 Å². The quantitative estimate of drug-likeness (QED) is 0.221. The molecule has 0 aliphatic heterocycles. The highest BCUT2D eigenvalue weighted by molar-refractivity contribution is 6.05. The Hall–Kier alpha value is -4.76. The molecule has 4 aromatic rings. The predicted octanol–water partition coefficient (Wildman–Crippen LogP) is 6.52. The monoisotopic (exact) mass is 622 g/mol. The van der Waals surface area contributed by atoms with E-state index in [1.807, 2.05) is 85.6 Å². The van der Waals surface area contributed by atoms with Crippen LogP contribution in [0.4, 0.5) is 17.2 Å². The van der Waals surface area contributed by atoms with E-state index in [0.717, 1.165) is 22.3 Å². The van der Waals surface area contributed by atoms with Gasteiger partial charge in [0, 0.05) is 55.9 Å². The molecule has 0 fully saturated rings. The summed E-state index contributed by atoms with van der Waals surface area (Å²) in [6.07, 6.45) is 1.69. The number of amides is 2. The van der Waals surface area contributed by atoms with Gasteiger partial charge in [0.25, 0.3) is 11.5 Å². The zero-order valence-corrected chi connectivity index (χ0v) is 28.6. The van der Waals surface area contributed by atoms with Crippen molar-refractivity contribution in [3.8, 4) is 11.3 Å². The van der Waals surface area contributed by atoms with Crippen LogP contribution in [0.25, 0.3) is 11.3 Å². The van der Waals surface area contributed by atoms with Crippen molar-refractivity contribution in [3.63, 3.8) is 0 Å². The van der Waals surface area contributed by atoms with E-state index in [0.29, 0.717) is 22.6 Å². The van der Waals surface area contributed by atoms with E-state index in [1.165, 1.54) is 4.57 Å². The number of hydrogen-bond donors (Lipinski definition) is 2. The van der Waals surface area contributed by atoms with Crippen LogP contribution < -0.4 is 16.2 Å². The van der Waals surface area contributed by atoms with Crippen LogP contribution >= 0.6 is 0 Å². The summed E-state index contributed by atoms with van der Waals surface area (Å²) in [6, 6.07) is 20.5. The highest BCUT2D eigenvalue weighted by Crippen LogP contribution is 2.30. The second-order valence-corrected chi connectivity index (χ2v) is 13.3. The molecule has 0 saturated heterocycles. The summed E-state index contributed by atoms with van der Waals surface area (Å²) < 4.78 is 1.49. The van der Waals surface area contributed by atoms with Gasteiger partial charge < -0.3 is 20.1 Å². The first-order valence-electron chi connectivity index (χ1n) is 15.5. The highest BCUT2D eigenvalue weighted by Gasteiger charge is 2.28. The van der Waals surface area contributed by atoms with E-state index in [9.17, 15) is 14.4 Å². The Balaban J connectivity index is 1.60. The molecule has 0 saturated carbocycles. The number of nitrogens with zero attached hydrogens (tertiary/aromatic N) is 4. The summed E-state index contributed by atoms with van der Waals surface area (Å²) in [5.74, 6) is -0.0397. The SMILES string of the molecule is Cc1c(NC(=O)c2ccc(C(C)(C)C)cc2)cccc1-c1cn(C)c(=O)c(Nc2ccc([C@@H](C(=O)N(C)C)N(C)C(C)C)cc2)n1. The maximum absolute atomic E-state index is 13.1. The molecule has 1 aromatic heterocycles. The maximum atomic E-state index is 13.1. The molecule has 1 atom stereocenters. The van der Waals surface area contributed by atoms with Gasteiger partial charge in [-0.1, -0.05) is 57.2 Å². The predicted molar refractivity (Wildman–Crippen MR) is 187 cm³/mol. The van der Waals surface area contributed by atoms with Crippen molar-refractivity contribution in [3.05, 3.63) is 106 Å². The third-order valence-electron chi connectivity index (χ3n) is 8.33. The van der Waals surface area contributed by atoms with E-state index in [2.05, 4.69) is 45.3 Å². The topological polar surface area (TPSA) is 99.6 Å². The van der Waals surface area contributed by atoms with Gasteiger partial charge in [0.05, 0.1) is 5.69 Å². The summed E-state index contributed by atoms with van der Waals surface area (Å²) in [4.78, 5) is 47.6. The lowest BCUT2D eigenvalue weighted by Gasteiger charge is -2.32. The van der Waals surface area contributed by atoms with Crippen LogP contribution in [-0.4, -0.2) is 58.4 Å². The molecule has 46 heavy (non-hydrogen) atoms. The number of hydrogen-bond acceptors (Lipinski definition) is 6. The number of likely N-dealkylation sites (N-methyl/N-ethyl adjacent to an activating group) is 2. The fraction of sp³-hybridized carbons (Fsp3) is 0.351. The second kappa shape index (κ2) is 13.7. The molecule has 2 amide bonds. The molecule has 0 aliphatic carbocycles. The molecule has 4 rings (SSSR count). The number of aromatic nitrogens is 2. The Morgan fingerprint density at radius 1 is 0.913 bits per heavy atom. The minimum absolute atomic E-state index is 0.000216. The number of benzene rings is 3. The number of nitrogens with one attached hydrogen (secondary N) is 2. The summed E-state index contributed by atoms with van der Waals surface area (Å²) >= 11 is 0. The molecule has 0 unspecified atom stereocenters. The van der Waals surface area contributed by atoms with Gasteiger partial charge in [0.15, 0.2) is 5.82 Å². The first-order valence-corrected chi connectivity index (χ1v) is 15.5. The van der Waals surface area contributed by atoms with Gasteiger partial charge in [0.1, 0.15) is 6.04 Å². The molecule has 1 heterocycles. The molecular weight excluding hydrogens is 576 g/mol. The Bertz CT molecular complexity index is 1770. The van der Waals surface area contributed by atoms with Gasteiger partial charge in [-0.15, -0.1) is 0 Å². The van der Waals surface area contributed by atoms with Crippen LogP contribution in [0.3, 0.4) is 0 Å². The lowest BCUT2D eigenvalue weighted by atomic mass is 9.86. The number of anilines is 3. The third kappa shape index (κ3) is 7.54. The fourth-order valence-electron chi connectivity index (χ4n) is 5.16. The minimum atomic E-state index is -0.433. The fourth-order valence-corrected chi connectivity index (χ4v) is 5.16. The summed E-state index contributed by atoms with van der Waals surface area (Å²) in [6.45, 7) is 12.4. The van der Waals surface area contributed by atoms with Crippen LogP contribution in [0.1, 0.15) is 67.7 Å². The van der Waals surface area contributed by atoms with Crippen LogP contribution in [0.15, 0.2) is 77.7 Å². The number of carbonyl (C=O) groups excluding carboxylic acids is 2.